The van der Waals surface area contributed by atoms with Crippen molar-refractivity contribution in [3.63, 3.8) is 0 Å². The summed E-state index contributed by atoms with van der Waals surface area (Å²) < 4.78 is 10.8. The van der Waals surface area contributed by atoms with Crippen LogP contribution in [-0.4, -0.2) is 44.6 Å². The fourth-order valence-corrected chi connectivity index (χ4v) is 3.58. The van der Waals surface area contributed by atoms with E-state index in [4.69, 9.17) is 9.47 Å². The van der Waals surface area contributed by atoms with Crippen molar-refractivity contribution in [3.8, 4) is 5.75 Å². The number of benzene rings is 3. The standard InChI is InChI=1S/C28H32N2O4/c1-3-17-29-18-19-34-23-15-13-21(14-16-23)20-26(28(32)33-2)30-25-12-8-7-11-24(25)27(31)22-9-5-4-6-10-22/h4-16,26,29-30H,3,17-20H2,1-2H3. The number of carbonyl (C=O) groups is 2. The van der Waals surface area contributed by atoms with Crippen molar-refractivity contribution in [2.45, 2.75) is 25.8 Å². The largest absolute Gasteiger partial charge is 0.492 e. The van der Waals surface area contributed by atoms with Gasteiger partial charge in [-0.2, -0.15) is 0 Å². The first-order chi connectivity index (χ1) is 16.6. The van der Waals surface area contributed by atoms with E-state index in [0.717, 1.165) is 30.8 Å². The molecule has 0 aliphatic carbocycles. The highest BCUT2D eigenvalue weighted by Gasteiger charge is 2.22. The number of hydrogen-bond donors (Lipinski definition) is 2. The quantitative estimate of drug-likeness (QED) is 0.222. The number of rotatable bonds is 13. The maximum Gasteiger partial charge on any atom is 0.328 e. The zero-order valence-electron chi connectivity index (χ0n) is 19.8. The predicted octanol–water partition coefficient (Wildman–Crippen LogP) is 4.49. The van der Waals surface area contributed by atoms with E-state index in [0.29, 0.717) is 29.8 Å². The lowest BCUT2D eigenvalue weighted by atomic mass is 10.00. The molecule has 0 saturated heterocycles. The van der Waals surface area contributed by atoms with Gasteiger partial charge in [0, 0.05) is 29.8 Å². The number of nitrogens with one attached hydrogen (secondary N) is 2. The third-order valence-electron chi connectivity index (χ3n) is 5.36. The molecule has 1 atom stereocenters. The number of carbonyl (C=O) groups excluding carboxylic acids is 2. The molecule has 0 bridgehead atoms. The number of anilines is 1. The molecule has 0 saturated carbocycles. The highest BCUT2D eigenvalue weighted by Crippen LogP contribution is 2.22. The van der Waals surface area contributed by atoms with Gasteiger partial charge in [0.15, 0.2) is 5.78 Å². The minimum Gasteiger partial charge on any atom is -0.492 e. The van der Waals surface area contributed by atoms with E-state index < -0.39 is 12.0 Å². The van der Waals surface area contributed by atoms with Gasteiger partial charge >= 0.3 is 5.97 Å². The normalized spacial score (nSPS) is 11.5. The van der Waals surface area contributed by atoms with Crippen LogP contribution in [0.4, 0.5) is 5.69 Å². The first-order valence-electron chi connectivity index (χ1n) is 11.6. The van der Waals surface area contributed by atoms with Crippen LogP contribution in [0.1, 0.15) is 34.8 Å². The van der Waals surface area contributed by atoms with Crippen LogP contribution in [0, 0.1) is 0 Å². The summed E-state index contributed by atoms with van der Waals surface area (Å²) in [6.07, 6.45) is 1.49. The third-order valence-corrected chi connectivity index (χ3v) is 5.36. The summed E-state index contributed by atoms with van der Waals surface area (Å²) in [5.74, 6) is 0.273. The molecule has 34 heavy (non-hydrogen) atoms. The third kappa shape index (κ3) is 7.18. The number of ketones is 1. The molecule has 178 valence electrons. The van der Waals surface area contributed by atoms with Crippen LogP contribution in [0.2, 0.25) is 0 Å². The van der Waals surface area contributed by atoms with E-state index in [1.165, 1.54) is 7.11 Å². The number of methoxy groups -OCH3 is 1. The van der Waals surface area contributed by atoms with E-state index in [1.807, 2.05) is 54.6 Å². The fraction of sp³-hybridized carbons (Fsp3) is 0.286. The molecule has 3 rings (SSSR count). The lowest BCUT2D eigenvalue weighted by Crippen LogP contribution is -2.33. The zero-order chi connectivity index (χ0) is 24.2. The fourth-order valence-electron chi connectivity index (χ4n) is 3.58. The van der Waals surface area contributed by atoms with Gasteiger partial charge in [0.05, 0.1) is 7.11 Å². The lowest BCUT2D eigenvalue weighted by Gasteiger charge is -2.20. The van der Waals surface area contributed by atoms with Crippen molar-refractivity contribution in [1.29, 1.82) is 0 Å². The summed E-state index contributed by atoms with van der Waals surface area (Å²) in [6.45, 7) is 4.50. The molecule has 0 heterocycles. The first-order valence-corrected chi connectivity index (χ1v) is 11.6. The second kappa shape index (κ2) is 13.2. The number of hydrogen-bond acceptors (Lipinski definition) is 6. The Hall–Kier alpha value is -3.64. The monoisotopic (exact) mass is 460 g/mol. The summed E-state index contributed by atoms with van der Waals surface area (Å²) >= 11 is 0. The van der Waals surface area contributed by atoms with Crippen molar-refractivity contribution >= 4 is 17.4 Å². The SMILES string of the molecule is CCCNCCOc1ccc(CC(Nc2ccccc2C(=O)c2ccccc2)C(=O)OC)cc1. The Morgan fingerprint density at radius 3 is 2.29 bits per heavy atom. The van der Waals surface area contributed by atoms with Crippen molar-refractivity contribution < 1.29 is 19.1 Å². The molecule has 2 N–H and O–H groups in total. The van der Waals surface area contributed by atoms with Crippen LogP contribution >= 0.6 is 0 Å². The Bertz CT molecular complexity index is 1050. The molecule has 0 aromatic heterocycles. The average Bonchev–Trinajstić information content (AvgIpc) is 2.89. The van der Waals surface area contributed by atoms with Gasteiger partial charge in [-0.25, -0.2) is 4.79 Å². The summed E-state index contributed by atoms with van der Waals surface area (Å²) in [4.78, 5) is 25.6. The van der Waals surface area contributed by atoms with Crippen LogP contribution in [0.25, 0.3) is 0 Å². The molecule has 0 fully saturated rings. The number of ether oxygens (including phenoxy) is 2. The van der Waals surface area contributed by atoms with Crippen molar-refractivity contribution in [3.05, 3.63) is 95.6 Å². The zero-order valence-corrected chi connectivity index (χ0v) is 19.8. The Balaban J connectivity index is 1.70. The van der Waals surface area contributed by atoms with Crippen molar-refractivity contribution in [2.24, 2.45) is 0 Å². The van der Waals surface area contributed by atoms with Gasteiger partial charge in [0.1, 0.15) is 18.4 Å². The smallest absolute Gasteiger partial charge is 0.328 e. The molecule has 0 aliphatic rings. The van der Waals surface area contributed by atoms with E-state index >= 15 is 0 Å². The number of esters is 1. The Morgan fingerprint density at radius 1 is 0.882 bits per heavy atom. The minimum atomic E-state index is -0.653. The average molecular weight is 461 g/mol. The van der Waals surface area contributed by atoms with Gasteiger partial charge in [0.25, 0.3) is 0 Å². The van der Waals surface area contributed by atoms with Crippen LogP contribution in [0.3, 0.4) is 0 Å². The Labute approximate surface area is 201 Å². The molecule has 0 aliphatic heterocycles. The summed E-state index contributed by atoms with van der Waals surface area (Å²) in [6, 6.07) is 23.3. The molecule has 0 spiro atoms. The molecule has 0 radical (unpaired) electrons. The maximum atomic E-state index is 13.1. The van der Waals surface area contributed by atoms with E-state index in [2.05, 4.69) is 17.6 Å². The van der Waals surface area contributed by atoms with Crippen LogP contribution < -0.4 is 15.4 Å². The summed E-state index contributed by atoms with van der Waals surface area (Å²) in [5.41, 5.74) is 2.63. The first kappa shape index (κ1) is 25.0. The minimum absolute atomic E-state index is 0.109. The second-order valence-corrected chi connectivity index (χ2v) is 7.91. The van der Waals surface area contributed by atoms with Crippen molar-refractivity contribution in [2.75, 3.05) is 32.1 Å². The second-order valence-electron chi connectivity index (χ2n) is 7.91. The lowest BCUT2D eigenvalue weighted by molar-refractivity contribution is -0.141. The topological polar surface area (TPSA) is 76.7 Å². The Kier molecular flexibility index (Phi) is 9.67. The summed E-state index contributed by atoms with van der Waals surface area (Å²) in [5, 5.41) is 6.53. The van der Waals surface area contributed by atoms with Gasteiger partial charge < -0.3 is 20.1 Å². The van der Waals surface area contributed by atoms with Gasteiger partial charge in [-0.15, -0.1) is 0 Å². The van der Waals surface area contributed by atoms with E-state index in [1.54, 1.807) is 24.3 Å². The molecular formula is C28H32N2O4. The Morgan fingerprint density at radius 2 is 1.59 bits per heavy atom. The van der Waals surface area contributed by atoms with Gasteiger partial charge in [-0.05, 0) is 42.8 Å². The van der Waals surface area contributed by atoms with Crippen LogP contribution in [0.5, 0.6) is 5.75 Å². The predicted molar refractivity (Wildman–Crippen MR) is 135 cm³/mol. The molecule has 3 aromatic rings. The summed E-state index contributed by atoms with van der Waals surface area (Å²) in [7, 11) is 1.36. The van der Waals surface area contributed by atoms with Gasteiger partial charge in [0.2, 0.25) is 0 Å². The van der Waals surface area contributed by atoms with Crippen molar-refractivity contribution in [1.82, 2.24) is 5.32 Å². The maximum absolute atomic E-state index is 13.1. The molecular weight excluding hydrogens is 428 g/mol. The molecule has 6 nitrogen and oxygen atoms in total. The highest BCUT2D eigenvalue weighted by molar-refractivity contribution is 6.12. The van der Waals surface area contributed by atoms with Gasteiger partial charge in [-0.1, -0.05) is 61.5 Å². The number of para-hydroxylation sites is 1. The molecule has 6 heteroatoms. The molecule has 1 unspecified atom stereocenters. The van der Waals surface area contributed by atoms with E-state index in [-0.39, 0.29) is 5.78 Å². The van der Waals surface area contributed by atoms with Crippen LogP contribution in [0.15, 0.2) is 78.9 Å². The van der Waals surface area contributed by atoms with Crippen LogP contribution in [-0.2, 0) is 16.0 Å². The highest BCUT2D eigenvalue weighted by atomic mass is 16.5. The van der Waals surface area contributed by atoms with E-state index in [9.17, 15) is 9.59 Å². The molecule has 3 aromatic carbocycles. The van der Waals surface area contributed by atoms with Gasteiger partial charge in [-0.3, -0.25) is 4.79 Å². The molecule has 0 amide bonds.